The molecule has 1 aromatic carbocycles. The van der Waals surface area contributed by atoms with Crippen LogP contribution < -0.4 is 0 Å². The quantitative estimate of drug-likeness (QED) is 0.763. The molecular formula is C17H29N. The summed E-state index contributed by atoms with van der Waals surface area (Å²) in [6.45, 7) is 10.2. The van der Waals surface area contributed by atoms with Crippen molar-refractivity contribution in [3.8, 4) is 0 Å². The smallest absolute Gasteiger partial charge is 0.00218 e. The monoisotopic (exact) mass is 247 g/mol. The van der Waals surface area contributed by atoms with Crippen molar-refractivity contribution in [1.82, 2.24) is 4.90 Å². The minimum absolute atomic E-state index is 0.993. The lowest BCUT2D eigenvalue weighted by atomic mass is 9.94. The van der Waals surface area contributed by atoms with Crippen LogP contribution in [0, 0.1) is 5.92 Å². The van der Waals surface area contributed by atoms with Gasteiger partial charge < -0.3 is 4.90 Å². The van der Waals surface area contributed by atoms with Crippen LogP contribution in [0.1, 0.15) is 45.6 Å². The molecule has 0 aliphatic carbocycles. The minimum Gasteiger partial charge on any atom is -0.303 e. The number of likely N-dealkylation sites (tertiary alicyclic amines) is 1. The van der Waals surface area contributed by atoms with Gasteiger partial charge in [0.1, 0.15) is 0 Å². The van der Waals surface area contributed by atoms with E-state index >= 15 is 0 Å². The predicted octanol–water partition coefficient (Wildman–Crippen LogP) is 4.38. The van der Waals surface area contributed by atoms with E-state index in [2.05, 4.69) is 42.2 Å². The Hall–Kier alpha value is -0.820. The van der Waals surface area contributed by atoms with Crippen LogP contribution in [0.5, 0.6) is 0 Å². The highest BCUT2D eigenvalue weighted by molar-refractivity contribution is 5.14. The van der Waals surface area contributed by atoms with Gasteiger partial charge in [-0.3, -0.25) is 0 Å². The van der Waals surface area contributed by atoms with Crippen molar-refractivity contribution in [2.24, 2.45) is 5.92 Å². The molecule has 0 N–H and O–H groups in total. The summed E-state index contributed by atoms with van der Waals surface area (Å²) in [5.74, 6) is 0.993. The fraction of sp³-hybridized carbons (Fsp3) is 0.647. The van der Waals surface area contributed by atoms with Gasteiger partial charge in [-0.25, -0.2) is 0 Å². The molecule has 1 nitrogen and oxygen atoms in total. The standard InChI is InChI=1S/C15H23N.C2H6/c1-2-14-8-11-16(12-9-14)13-10-15-6-4-3-5-7-15;1-2/h3-7,14H,2,8-13H2,1H3;1-2H3. The van der Waals surface area contributed by atoms with Gasteiger partial charge in [0.15, 0.2) is 0 Å². The maximum absolute atomic E-state index is 2.62. The van der Waals surface area contributed by atoms with Crippen LogP contribution >= 0.6 is 0 Å². The van der Waals surface area contributed by atoms with E-state index in [1.807, 2.05) is 13.8 Å². The third-order valence-electron chi connectivity index (χ3n) is 3.84. The minimum atomic E-state index is 0.993. The molecule has 0 saturated carbocycles. The molecule has 0 atom stereocenters. The number of hydrogen-bond acceptors (Lipinski definition) is 1. The molecule has 1 aliphatic rings. The molecule has 1 fully saturated rings. The summed E-state index contributed by atoms with van der Waals surface area (Å²) in [7, 11) is 0. The van der Waals surface area contributed by atoms with Gasteiger partial charge in [0.05, 0.1) is 0 Å². The molecule has 1 heterocycles. The van der Waals surface area contributed by atoms with Crippen molar-refractivity contribution < 1.29 is 0 Å². The zero-order valence-electron chi connectivity index (χ0n) is 12.4. The van der Waals surface area contributed by atoms with E-state index in [1.165, 1.54) is 50.9 Å². The third-order valence-corrected chi connectivity index (χ3v) is 3.84. The summed E-state index contributed by atoms with van der Waals surface area (Å²) in [5, 5.41) is 0. The lowest BCUT2D eigenvalue weighted by molar-refractivity contribution is 0.184. The average molecular weight is 247 g/mol. The average Bonchev–Trinajstić information content (AvgIpc) is 2.49. The second kappa shape index (κ2) is 9.16. The lowest BCUT2D eigenvalue weighted by Crippen LogP contribution is -2.34. The van der Waals surface area contributed by atoms with Crippen LogP contribution in [0.2, 0.25) is 0 Å². The van der Waals surface area contributed by atoms with Gasteiger partial charge in [-0.15, -0.1) is 0 Å². The van der Waals surface area contributed by atoms with Crippen molar-refractivity contribution in [2.75, 3.05) is 19.6 Å². The van der Waals surface area contributed by atoms with Crippen LogP contribution in [0.3, 0.4) is 0 Å². The number of nitrogens with zero attached hydrogens (tertiary/aromatic N) is 1. The highest BCUT2D eigenvalue weighted by atomic mass is 15.1. The van der Waals surface area contributed by atoms with Gasteiger partial charge in [0, 0.05) is 6.54 Å². The third kappa shape index (κ3) is 5.22. The van der Waals surface area contributed by atoms with Crippen molar-refractivity contribution in [2.45, 2.75) is 46.5 Å². The first-order chi connectivity index (χ1) is 8.88. The molecule has 0 amide bonds. The highest BCUT2D eigenvalue weighted by Gasteiger charge is 2.16. The van der Waals surface area contributed by atoms with Crippen LogP contribution in [0.25, 0.3) is 0 Å². The Morgan fingerprint density at radius 1 is 1.06 bits per heavy atom. The molecule has 18 heavy (non-hydrogen) atoms. The van der Waals surface area contributed by atoms with Gasteiger partial charge in [0.25, 0.3) is 0 Å². The number of piperidine rings is 1. The van der Waals surface area contributed by atoms with E-state index in [1.54, 1.807) is 0 Å². The van der Waals surface area contributed by atoms with Gasteiger partial charge in [0.2, 0.25) is 0 Å². The zero-order valence-corrected chi connectivity index (χ0v) is 12.4. The first kappa shape index (κ1) is 15.2. The second-order valence-electron chi connectivity index (χ2n) is 4.93. The maximum atomic E-state index is 2.62. The largest absolute Gasteiger partial charge is 0.303 e. The van der Waals surface area contributed by atoms with Crippen LogP contribution in [-0.4, -0.2) is 24.5 Å². The molecule has 102 valence electrons. The summed E-state index contributed by atoms with van der Waals surface area (Å²) in [6.07, 6.45) is 5.39. The second-order valence-corrected chi connectivity index (χ2v) is 4.93. The van der Waals surface area contributed by atoms with E-state index in [0.717, 1.165) is 5.92 Å². The fourth-order valence-electron chi connectivity index (χ4n) is 2.55. The Balaban J connectivity index is 0.000000771. The summed E-state index contributed by atoms with van der Waals surface area (Å²) < 4.78 is 0. The lowest BCUT2D eigenvalue weighted by Gasteiger charge is -2.31. The van der Waals surface area contributed by atoms with Crippen molar-refractivity contribution in [3.63, 3.8) is 0 Å². The van der Waals surface area contributed by atoms with Gasteiger partial charge in [-0.2, -0.15) is 0 Å². The molecule has 1 aliphatic heterocycles. The summed E-state index contributed by atoms with van der Waals surface area (Å²) in [6, 6.07) is 10.8. The predicted molar refractivity (Wildman–Crippen MR) is 80.9 cm³/mol. The maximum Gasteiger partial charge on any atom is 0.00218 e. The van der Waals surface area contributed by atoms with E-state index in [-0.39, 0.29) is 0 Å². The van der Waals surface area contributed by atoms with Gasteiger partial charge in [-0.1, -0.05) is 57.5 Å². The number of benzene rings is 1. The molecule has 0 bridgehead atoms. The van der Waals surface area contributed by atoms with Crippen LogP contribution in [0.4, 0.5) is 0 Å². The first-order valence-corrected chi connectivity index (χ1v) is 7.64. The molecule has 2 rings (SSSR count). The SMILES string of the molecule is CC.CCC1CCN(CCc2ccccc2)CC1. The van der Waals surface area contributed by atoms with Crippen LogP contribution in [-0.2, 0) is 6.42 Å². The molecule has 1 heteroatoms. The molecular weight excluding hydrogens is 218 g/mol. The van der Waals surface area contributed by atoms with E-state index < -0.39 is 0 Å². The summed E-state index contributed by atoms with van der Waals surface area (Å²) >= 11 is 0. The Morgan fingerprint density at radius 2 is 1.67 bits per heavy atom. The summed E-state index contributed by atoms with van der Waals surface area (Å²) in [4.78, 5) is 2.62. The van der Waals surface area contributed by atoms with Crippen molar-refractivity contribution >= 4 is 0 Å². The fourth-order valence-corrected chi connectivity index (χ4v) is 2.55. The topological polar surface area (TPSA) is 3.24 Å². The van der Waals surface area contributed by atoms with E-state index in [4.69, 9.17) is 0 Å². The Labute approximate surface area is 113 Å². The number of rotatable bonds is 4. The van der Waals surface area contributed by atoms with Gasteiger partial charge in [-0.05, 0) is 43.8 Å². The summed E-state index contributed by atoms with van der Waals surface area (Å²) in [5.41, 5.74) is 1.47. The molecule has 0 aromatic heterocycles. The number of hydrogen-bond donors (Lipinski definition) is 0. The molecule has 1 saturated heterocycles. The van der Waals surface area contributed by atoms with E-state index in [9.17, 15) is 0 Å². The molecule has 0 spiro atoms. The van der Waals surface area contributed by atoms with Crippen molar-refractivity contribution in [1.29, 1.82) is 0 Å². The van der Waals surface area contributed by atoms with Crippen LogP contribution in [0.15, 0.2) is 30.3 Å². The first-order valence-electron chi connectivity index (χ1n) is 7.64. The molecule has 0 unspecified atom stereocenters. The Morgan fingerprint density at radius 3 is 2.22 bits per heavy atom. The molecule has 0 radical (unpaired) electrons. The van der Waals surface area contributed by atoms with Crippen molar-refractivity contribution in [3.05, 3.63) is 35.9 Å². The highest BCUT2D eigenvalue weighted by Crippen LogP contribution is 2.19. The Kier molecular flexibility index (Phi) is 7.75. The van der Waals surface area contributed by atoms with E-state index in [0.29, 0.717) is 0 Å². The normalized spacial score (nSPS) is 17.1. The van der Waals surface area contributed by atoms with Gasteiger partial charge >= 0.3 is 0 Å². The zero-order chi connectivity index (χ0) is 13.2. The molecule has 1 aromatic rings. The Bertz CT molecular complexity index is 286.